The van der Waals surface area contributed by atoms with E-state index in [9.17, 15) is 4.79 Å². The summed E-state index contributed by atoms with van der Waals surface area (Å²) in [4.78, 5) is 14.5. The maximum atomic E-state index is 12.6. The number of carbonyl (C=O) groups excluding carboxylic acids is 1. The Morgan fingerprint density at radius 3 is 2.76 bits per heavy atom. The number of benzene rings is 2. The van der Waals surface area contributed by atoms with Gasteiger partial charge in [0, 0.05) is 0 Å². The van der Waals surface area contributed by atoms with E-state index in [2.05, 4.69) is 18.2 Å². The van der Waals surface area contributed by atoms with Gasteiger partial charge in [0.25, 0.3) is 0 Å². The monoisotopic (exact) mass is 353 g/mol. The van der Waals surface area contributed by atoms with Gasteiger partial charge in [-0.2, -0.15) is 0 Å². The molecule has 0 unspecified atom stereocenters. The van der Waals surface area contributed by atoms with Crippen molar-refractivity contribution in [2.75, 3.05) is 13.6 Å². The first-order valence-corrected chi connectivity index (χ1v) is 8.48. The van der Waals surface area contributed by atoms with Crippen LogP contribution >= 0.6 is 0 Å². The normalized spacial score (nSPS) is 22.9. The number of hydrogen-bond donors (Lipinski definition) is 0. The molecule has 2 atom stereocenters. The van der Waals surface area contributed by atoms with Crippen LogP contribution in [0.4, 0.5) is 0 Å². The molecule has 2 heterocycles. The van der Waals surface area contributed by atoms with E-state index in [-0.39, 0.29) is 17.7 Å². The molecule has 21 heavy (non-hydrogen) atoms. The van der Waals surface area contributed by atoms with E-state index in [1.807, 2.05) is 36.2 Å². The Morgan fingerprint density at radius 1 is 1.14 bits per heavy atom. The molecule has 102 valence electrons. The SMILES string of the molecule is CN1C[C@@H]2c3c[c]([Y])ccc3Oc3ccccc3[C@H]2C1=O. The predicted molar refractivity (Wildman–Crippen MR) is 75.7 cm³/mol. The van der Waals surface area contributed by atoms with E-state index in [1.54, 1.807) is 0 Å². The van der Waals surface area contributed by atoms with Crippen molar-refractivity contribution in [2.24, 2.45) is 0 Å². The second-order valence-corrected chi connectivity index (χ2v) is 7.38. The van der Waals surface area contributed by atoms with Crippen LogP contribution in [0.3, 0.4) is 0 Å². The Kier molecular flexibility index (Phi) is 3.16. The molecule has 1 amide bonds. The fourth-order valence-corrected chi connectivity index (χ4v) is 4.10. The van der Waals surface area contributed by atoms with E-state index in [1.165, 1.54) is 7.94 Å². The molecule has 2 aliphatic heterocycles. The molecule has 0 radical (unpaired) electrons. The Hall–Kier alpha value is -1.19. The zero-order chi connectivity index (χ0) is 14.6. The van der Waals surface area contributed by atoms with Gasteiger partial charge in [-0.05, 0) is 0 Å². The molecule has 0 aliphatic carbocycles. The van der Waals surface area contributed by atoms with Gasteiger partial charge in [-0.25, -0.2) is 0 Å². The molecule has 2 aromatic carbocycles. The summed E-state index contributed by atoms with van der Waals surface area (Å²) in [5.74, 6) is 1.98. The fraction of sp³-hybridized carbons (Fsp3) is 0.235. The van der Waals surface area contributed by atoms with Crippen LogP contribution in [0.5, 0.6) is 11.5 Å². The third-order valence-electron chi connectivity index (χ3n) is 4.42. The summed E-state index contributed by atoms with van der Waals surface area (Å²) in [6, 6.07) is 14.3. The van der Waals surface area contributed by atoms with Gasteiger partial charge in [0.15, 0.2) is 0 Å². The fourth-order valence-electron chi connectivity index (χ4n) is 3.43. The van der Waals surface area contributed by atoms with Gasteiger partial charge in [0.1, 0.15) is 0 Å². The third kappa shape index (κ3) is 2.06. The molecular weight excluding hydrogens is 339 g/mol. The second kappa shape index (κ2) is 4.93. The Balaban J connectivity index is 1.98. The van der Waals surface area contributed by atoms with Gasteiger partial charge in [-0.3, -0.25) is 0 Å². The first-order valence-electron chi connectivity index (χ1n) is 7.06. The third-order valence-corrected chi connectivity index (χ3v) is 5.31. The van der Waals surface area contributed by atoms with Crippen molar-refractivity contribution < 1.29 is 40.5 Å². The molecule has 1 saturated heterocycles. The zero-order valence-corrected chi connectivity index (χ0v) is 14.6. The number of hydrogen-bond acceptors (Lipinski definition) is 2. The molecule has 0 N–H and O–H groups in total. The van der Waals surface area contributed by atoms with Crippen molar-refractivity contribution in [1.82, 2.24) is 4.90 Å². The minimum atomic E-state index is -0.116. The summed E-state index contributed by atoms with van der Waals surface area (Å²) in [7, 11) is 1.89. The van der Waals surface area contributed by atoms with Crippen LogP contribution in [0, 0.1) is 0 Å². The van der Waals surface area contributed by atoms with Crippen molar-refractivity contribution in [2.45, 2.75) is 11.8 Å². The zero-order valence-electron chi connectivity index (χ0n) is 11.7. The molecule has 4 rings (SSSR count). The molecule has 3 nitrogen and oxygen atoms in total. The van der Waals surface area contributed by atoms with Gasteiger partial charge in [0.2, 0.25) is 0 Å². The Labute approximate surface area is 143 Å². The number of nitrogens with zero attached hydrogens (tertiary/aromatic N) is 1. The number of carbonyl (C=O) groups is 1. The molecule has 0 bridgehead atoms. The van der Waals surface area contributed by atoms with Crippen LogP contribution in [0.25, 0.3) is 0 Å². The van der Waals surface area contributed by atoms with Gasteiger partial charge in [-0.15, -0.1) is 0 Å². The second-order valence-electron chi connectivity index (χ2n) is 5.74. The van der Waals surface area contributed by atoms with E-state index < -0.39 is 0 Å². The van der Waals surface area contributed by atoms with Crippen LogP contribution in [-0.2, 0) is 35.7 Å². The van der Waals surface area contributed by atoms with Crippen molar-refractivity contribution in [3.63, 3.8) is 0 Å². The van der Waals surface area contributed by atoms with Gasteiger partial charge in [-0.1, -0.05) is 0 Å². The van der Waals surface area contributed by atoms with Gasteiger partial charge in [0.05, 0.1) is 0 Å². The average Bonchev–Trinajstić information content (AvgIpc) is 2.70. The number of fused-ring (bicyclic) bond motifs is 5. The number of amides is 1. The Bertz CT molecular complexity index is 743. The van der Waals surface area contributed by atoms with Crippen LogP contribution < -0.4 is 7.11 Å². The summed E-state index contributed by atoms with van der Waals surface area (Å²) in [5, 5.41) is 0. The van der Waals surface area contributed by atoms with E-state index in [4.69, 9.17) is 4.74 Å². The topological polar surface area (TPSA) is 29.5 Å². The summed E-state index contributed by atoms with van der Waals surface area (Å²) in [6.45, 7) is 0.762. The van der Waals surface area contributed by atoms with E-state index in [0.717, 1.165) is 54.6 Å². The van der Waals surface area contributed by atoms with Gasteiger partial charge < -0.3 is 0 Å². The van der Waals surface area contributed by atoms with Crippen LogP contribution in [0.2, 0.25) is 0 Å². The van der Waals surface area contributed by atoms with E-state index >= 15 is 0 Å². The first kappa shape index (κ1) is 13.5. The first-order chi connectivity index (χ1) is 10.1. The number of likely N-dealkylation sites (tertiary alicyclic amines) is 1. The molecule has 1 fully saturated rings. The summed E-state index contributed by atoms with van der Waals surface area (Å²) >= 11 is 1.07. The predicted octanol–water partition coefficient (Wildman–Crippen LogP) is 2.30. The summed E-state index contributed by atoms with van der Waals surface area (Å²) < 4.78 is 7.45. The molecular formula is C17H14NO2Y. The molecule has 2 aromatic rings. The molecule has 0 aromatic heterocycles. The molecule has 0 saturated carbocycles. The minimum absolute atomic E-state index is 0.116. The standard InChI is InChI=1S/C17H14NO2.Y/c1-18-10-13-11-6-2-4-8-14(11)20-15-9-5-3-7-12(15)16(13)17(18)19;/h3-9,13,16H,10H2,1H3;/t13-,16-;/m1./s1. The molecule has 4 heteroatoms. The van der Waals surface area contributed by atoms with Crippen molar-refractivity contribution >= 4 is 8.28 Å². The number of para-hydroxylation sites is 1. The number of likely N-dealkylation sites (N-methyl/N-ethyl adjacent to an activating group) is 1. The molecule has 0 spiro atoms. The van der Waals surface area contributed by atoms with Crippen molar-refractivity contribution in [3.8, 4) is 11.5 Å². The maximum absolute atomic E-state index is 12.6. The summed E-state index contributed by atoms with van der Waals surface area (Å²) in [5.41, 5.74) is 2.20. The van der Waals surface area contributed by atoms with Crippen LogP contribution in [0.1, 0.15) is 23.0 Å². The van der Waals surface area contributed by atoms with Gasteiger partial charge >= 0.3 is 144 Å². The Morgan fingerprint density at radius 2 is 1.90 bits per heavy atom. The van der Waals surface area contributed by atoms with Crippen LogP contribution in [0.15, 0.2) is 42.5 Å². The molecule has 2 aliphatic rings. The number of rotatable bonds is 0. The van der Waals surface area contributed by atoms with E-state index in [0.29, 0.717) is 0 Å². The summed E-state index contributed by atoms with van der Waals surface area (Å²) in [6.07, 6.45) is 0. The number of ether oxygens (including phenoxy) is 1. The average molecular weight is 353 g/mol. The van der Waals surface area contributed by atoms with Crippen molar-refractivity contribution in [3.05, 3.63) is 53.6 Å². The quantitative estimate of drug-likeness (QED) is 0.728. The van der Waals surface area contributed by atoms with Crippen LogP contribution in [-0.4, -0.2) is 24.4 Å². The van der Waals surface area contributed by atoms with Crippen molar-refractivity contribution in [1.29, 1.82) is 0 Å².